The number of nitrogens with zero attached hydrogens (tertiary/aromatic N) is 2. The van der Waals surface area contributed by atoms with Gasteiger partial charge in [-0.2, -0.15) is 0 Å². The third-order valence-corrected chi connectivity index (χ3v) is 3.47. The number of carbonyl (C=O) groups excluding carboxylic acids is 2. The van der Waals surface area contributed by atoms with Gasteiger partial charge in [0.25, 0.3) is 0 Å². The van der Waals surface area contributed by atoms with Crippen LogP contribution in [0.25, 0.3) is 0 Å². The van der Waals surface area contributed by atoms with Gasteiger partial charge in [-0.25, -0.2) is 0 Å². The fraction of sp³-hybridized carbons (Fsp3) is 0.846. The lowest BCUT2D eigenvalue weighted by atomic mass is 10.2. The summed E-state index contributed by atoms with van der Waals surface area (Å²) in [5.41, 5.74) is 0. The van der Waals surface area contributed by atoms with Crippen LogP contribution in [0.2, 0.25) is 0 Å². The van der Waals surface area contributed by atoms with Crippen LogP contribution >= 0.6 is 0 Å². The molecule has 0 aromatic carbocycles. The van der Waals surface area contributed by atoms with E-state index in [1.807, 2.05) is 6.92 Å². The highest BCUT2D eigenvalue weighted by atomic mass is 16.2. The average Bonchev–Trinajstić information content (AvgIpc) is 3.14. The van der Waals surface area contributed by atoms with E-state index in [0.717, 1.165) is 19.4 Å². The Balaban J connectivity index is 1.68. The summed E-state index contributed by atoms with van der Waals surface area (Å²) in [6.45, 7) is 4.89. The molecule has 1 saturated carbocycles. The first-order valence-corrected chi connectivity index (χ1v) is 6.99. The first kappa shape index (κ1) is 13.3. The summed E-state index contributed by atoms with van der Waals surface area (Å²) < 4.78 is 0. The fourth-order valence-electron chi connectivity index (χ4n) is 2.24. The number of nitrogens with one attached hydrogen (secondary N) is 1. The van der Waals surface area contributed by atoms with Crippen molar-refractivity contribution in [3.63, 3.8) is 0 Å². The van der Waals surface area contributed by atoms with Crippen molar-refractivity contribution < 1.29 is 9.59 Å². The molecule has 0 atom stereocenters. The van der Waals surface area contributed by atoms with Crippen LogP contribution in [0, 0.1) is 0 Å². The van der Waals surface area contributed by atoms with Crippen LogP contribution < -0.4 is 5.32 Å². The number of amides is 2. The first-order valence-electron chi connectivity index (χ1n) is 6.99. The van der Waals surface area contributed by atoms with Crippen molar-refractivity contribution in [1.82, 2.24) is 15.1 Å². The molecule has 1 saturated heterocycles. The van der Waals surface area contributed by atoms with Crippen molar-refractivity contribution in [3.05, 3.63) is 0 Å². The van der Waals surface area contributed by atoms with E-state index in [-0.39, 0.29) is 24.9 Å². The lowest BCUT2D eigenvalue weighted by Gasteiger charge is -2.33. The second kappa shape index (κ2) is 6.18. The van der Waals surface area contributed by atoms with E-state index < -0.39 is 0 Å². The molecule has 0 radical (unpaired) electrons. The lowest BCUT2D eigenvalue weighted by Crippen LogP contribution is -2.54. The number of hydrogen-bond donors (Lipinski definition) is 1. The summed E-state index contributed by atoms with van der Waals surface area (Å²) in [5.74, 6) is 0.182. The van der Waals surface area contributed by atoms with E-state index in [1.54, 1.807) is 9.80 Å². The molecular formula is C13H23N3O2. The molecule has 5 nitrogen and oxygen atoms in total. The van der Waals surface area contributed by atoms with E-state index in [9.17, 15) is 9.59 Å². The van der Waals surface area contributed by atoms with Crippen molar-refractivity contribution in [2.45, 2.75) is 38.6 Å². The Morgan fingerprint density at radius 2 is 1.72 bits per heavy atom. The second-order valence-electron chi connectivity index (χ2n) is 5.21. The van der Waals surface area contributed by atoms with E-state index >= 15 is 0 Å². The highest BCUT2D eigenvalue weighted by Crippen LogP contribution is 2.18. The molecule has 0 bridgehead atoms. The molecule has 1 aliphatic heterocycles. The Labute approximate surface area is 108 Å². The van der Waals surface area contributed by atoms with Crippen LogP contribution in [0.5, 0.6) is 0 Å². The van der Waals surface area contributed by atoms with E-state index in [0.29, 0.717) is 19.1 Å². The summed E-state index contributed by atoms with van der Waals surface area (Å²) in [4.78, 5) is 27.1. The maximum Gasteiger partial charge on any atom is 0.242 e. The molecule has 0 unspecified atom stereocenters. The quantitative estimate of drug-likeness (QED) is 0.660. The zero-order valence-electron chi connectivity index (χ0n) is 11.2. The first-order chi connectivity index (χ1) is 8.70. The normalized spacial score (nSPS) is 20.7. The average molecular weight is 253 g/mol. The van der Waals surface area contributed by atoms with Gasteiger partial charge in [0.15, 0.2) is 0 Å². The van der Waals surface area contributed by atoms with E-state index in [1.165, 1.54) is 12.8 Å². The number of piperazine rings is 1. The summed E-state index contributed by atoms with van der Waals surface area (Å²) in [6.07, 6.45) is 4.41. The molecule has 1 N–H and O–H groups in total. The predicted octanol–water partition coefficient (Wildman–Crippen LogP) is 0.209. The number of carbonyl (C=O) groups is 2. The highest BCUT2D eigenvalue weighted by molar-refractivity contribution is 5.92. The molecule has 2 aliphatic rings. The minimum absolute atomic E-state index is 0.0894. The zero-order valence-corrected chi connectivity index (χ0v) is 11.2. The highest BCUT2D eigenvalue weighted by Gasteiger charge is 2.28. The molecular weight excluding hydrogens is 230 g/mol. The minimum Gasteiger partial charge on any atom is -0.332 e. The van der Waals surface area contributed by atoms with Crippen molar-refractivity contribution in [2.75, 3.05) is 32.7 Å². The van der Waals surface area contributed by atoms with Crippen molar-refractivity contribution in [3.8, 4) is 0 Å². The van der Waals surface area contributed by atoms with Crippen LogP contribution in [0.15, 0.2) is 0 Å². The van der Waals surface area contributed by atoms with Gasteiger partial charge in [0.05, 0.1) is 13.1 Å². The van der Waals surface area contributed by atoms with Crippen molar-refractivity contribution in [2.24, 2.45) is 0 Å². The fourth-order valence-corrected chi connectivity index (χ4v) is 2.24. The minimum atomic E-state index is 0.0894. The SMILES string of the molecule is CCCN1CC(=O)N(CCCNC2CC2)CC1=O. The van der Waals surface area contributed by atoms with Gasteiger partial charge in [-0.1, -0.05) is 6.92 Å². The molecule has 2 amide bonds. The molecule has 102 valence electrons. The Morgan fingerprint density at radius 1 is 1.11 bits per heavy atom. The van der Waals surface area contributed by atoms with Crippen LogP contribution in [0.4, 0.5) is 0 Å². The van der Waals surface area contributed by atoms with Gasteiger partial charge < -0.3 is 15.1 Å². The summed E-state index contributed by atoms with van der Waals surface area (Å²) in [6, 6.07) is 0.712. The van der Waals surface area contributed by atoms with E-state index in [2.05, 4.69) is 5.32 Å². The van der Waals surface area contributed by atoms with Gasteiger partial charge in [-0.05, 0) is 32.2 Å². The summed E-state index contributed by atoms with van der Waals surface area (Å²) in [5, 5.41) is 3.42. The largest absolute Gasteiger partial charge is 0.332 e. The van der Waals surface area contributed by atoms with Crippen molar-refractivity contribution in [1.29, 1.82) is 0 Å². The van der Waals surface area contributed by atoms with Gasteiger partial charge in [-0.3, -0.25) is 9.59 Å². The van der Waals surface area contributed by atoms with Crippen LogP contribution in [0.3, 0.4) is 0 Å². The molecule has 0 aromatic heterocycles. The summed E-state index contributed by atoms with van der Waals surface area (Å²) in [7, 11) is 0. The van der Waals surface area contributed by atoms with Gasteiger partial charge in [0.2, 0.25) is 11.8 Å². The Bertz CT molecular complexity index is 315. The zero-order chi connectivity index (χ0) is 13.0. The predicted molar refractivity (Wildman–Crippen MR) is 69.1 cm³/mol. The second-order valence-corrected chi connectivity index (χ2v) is 5.21. The molecule has 0 spiro atoms. The number of rotatable bonds is 7. The Hall–Kier alpha value is -1.10. The summed E-state index contributed by atoms with van der Waals surface area (Å²) >= 11 is 0. The van der Waals surface area contributed by atoms with Crippen LogP contribution in [-0.2, 0) is 9.59 Å². The molecule has 5 heteroatoms. The molecule has 2 fully saturated rings. The van der Waals surface area contributed by atoms with Gasteiger partial charge in [-0.15, -0.1) is 0 Å². The standard InChI is InChI=1S/C13H23N3O2/c1-2-7-15-9-13(18)16(10-12(15)17)8-3-6-14-11-4-5-11/h11,14H,2-10H2,1H3. The Morgan fingerprint density at radius 3 is 2.28 bits per heavy atom. The molecule has 18 heavy (non-hydrogen) atoms. The maximum absolute atomic E-state index is 11.9. The van der Waals surface area contributed by atoms with Gasteiger partial charge >= 0.3 is 0 Å². The number of hydrogen-bond acceptors (Lipinski definition) is 3. The van der Waals surface area contributed by atoms with Crippen molar-refractivity contribution >= 4 is 11.8 Å². The smallest absolute Gasteiger partial charge is 0.242 e. The molecule has 1 heterocycles. The Kier molecular flexibility index (Phi) is 4.58. The monoisotopic (exact) mass is 253 g/mol. The molecule has 0 aromatic rings. The molecule has 2 rings (SSSR count). The van der Waals surface area contributed by atoms with Crippen LogP contribution in [-0.4, -0.2) is 60.4 Å². The third-order valence-electron chi connectivity index (χ3n) is 3.47. The maximum atomic E-state index is 11.9. The van der Waals surface area contributed by atoms with Gasteiger partial charge in [0, 0.05) is 19.1 Å². The topological polar surface area (TPSA) is 52.7 Å². The lowest BCUT2D eigenvalue weighted by molar-refractivity contribution is -0.150. The van der Waals surface area contributed by atoms with Gasteiger partial charge in [0.1, 0.15) is 0 Å². The van der Waals surface area contributed by atoms with E-state index in [4.69, 9.17) is 0 Å². The molecule has 1 aliphatic carbocycles. The van der Waals surface area contributed by atoms with Crippen LogP contribution in [0.1, 0.15) is 32.6 Å². The third kappa shape index (κ3) is 3.70.